The molecule has 1 aliphatic carbocycles. The van der Waals surface area contributed by atoms with Crippen LogP contribution in [0, 0.1) is 40.9 Å². The van der Waals surface area contributed by atoms with Crippen LogP contribution in [0.3, 0.4) is 0 Å². The van der Waals surface area contributed by atoms with Crippen molar-refractivity contribution in [3.63, 3.8) is 0 Å². The third kappa shape index (κ3) is 4.63. The van der Waals surface area contributed by atoms with Gasteiger partial charge >= 0.3 is 0 Å². The SMILES string of the molecule is CCC(C)C(C)CCC(C)C1CCC(C#N)CC1. The first-order valence-corrected chi connectivity index (χ1v) is 7.98. The van der Waals surface area contributed by atoms with Crippen LogP contribution in [-0.2, 0) is 0 Å². The maximum absolute atomic E-state index is 8.93. The molecule has 18 heavy (non-hydrogen) atoms. The highest BCUT2D eigenvalue weighted by atomic mass is 14.3. The lowest BCUT2D eigenvalue weighted by atomic mass is 9.74. The molecular weight excluding hydrogens is 218 g/mol. The fourth-order valence-electron chi connectivity index (χ4n) is 3.27. The Balaban J connectivity index is 2.25. The van der Waals surface area contributed by atoms with Crippen LogP contribution >= 0.6 is 0 Å². The Morgan fingerprint density at radius 2 is 1.61 bits per heavy atom. The normalized spacial score (nSPS) is 29.3. The second-order valence-corrected chi connectivity index (χ2v) is 6.66. The Kier molecular flexibility index (Phi) is 6.76. The Morgan fingerprint density at radius 3 is 2.11 bits per heavy atom. The number of hydrogen-bond acceptors (Lipinski definition) is 1. The van der Waals surface area contributed by atoms with Crippen molar-refractivity contribution in [2.75, 3.05) is 0 Å². The summed E-state index contributed by atoms with van der Waals surface area (Å²) >= 11 is 0. The average Bonchev–Trinajstić information content (AvgIpc) is 2.43. The second-order valence-electron chi connectivity index (χ2n) is 6.66. The molecule has 0 saturated heterocycles. The first-order chi connectivity index (χ1) is 8.58. The fraction of sp³-hybridized carbons (Fsp3) is 0.941. The molecule has 0 amide bonds. The molecule has 3 atom stereocenters. The Morgan fingerprint density at radius 1 is 1.00 bits per heavy atom. The third-order valence-corrected chi connectivity index (χ3v) is 5.45. The van der Waals surface area contributed by atoms with Crippen LogP contribution in [-0.4, -0.2) is 0 Å². The van der Waals surface area contributed by atoms with Gasteiger partial charge in [-0.2, -0.15) is 5.26 Å². The van der Waals surface area contributed by atoms with Gasteiger partial charge in [0.05, 0.1) is 6.07 Å². The van der Waals surface area contributed by atoms with Crippen LogP contribution in [0.2, 0.25) is 0 Å². The van der Waals surface area contributed by atoms with Gasteiger partial charge in [-0.1, -0.05) is 47.0 Å². The van der Waals surface area contributed by atoms with E-state index in [1.165, 1.54) is 32.1 Å². The van der Waals surface area contributed by atoms with Gasteiger partial charge in [-0.15, -0.1) is 0 Å². The molecule has 0 aromatic rings. The molecule has 0 spiro atoms. The minimum Gasteiger partial charge on any atom is -0.198 e. The molecule has 1 nitrogen and oxygen atoms in total. The summed E-state index contributed by atoms with van der Waals surface area (Å²) in [5.74, 6) is 3.83. The molecule has 0 N–H and O–H groups in total. The Hall–Kier alpha value is -0.510. The topological polar surface area (TPSA) is 23.8 Å². The standard InChI is InChI=1S/C17H31N/c1-5-13(2)14(3)6-7-15(4)17-10-8-16(12-18)9-11-17/h13-17H,5-11H2,1-4H3. The lowest BCUT2D eigenvalue weighted by Crippen LogP contribution is -2.20. The number of hydrogen-bond donors (Lipinski definition) is 0. The van der Waals surface area contributed by atoms with Crippen LogP contribution in [0.15, 0.2) is 0 Å². The maximum Gasteiger partial charge on any atom is 0.0655 e. The smallest absolute Gasteiger partial charge is 0.0655 e. The van der Waals surface area contributed by atoms with Crippen molar-refractivity contribution in [1.82, 2.24) is 0 Å². The zero-order valence-electron chi connectivity index (χ0n) is 12.8. The van der Waals surface area contributed by atoms with E-state index in [4.69, 9.17) is 5.26 Å². The van der Waals surface area contributed by atoms with E-state index in [1.54, 1.807) is 0 Å². The van der Waals surface area contributed by atoms with Crippen molar-refractivity contribution in [1.29, 1.82) is 5.26 Å². The van der Waals surface area contributed by atoms with E-state index in [2.05, 4.69) is 33.8 Å². The molecule has 1 saturated carbocycles. The molecule has 0 heterocycles. The summed E-state index contributed by atoms with van der Waals surface area (Å²) in [6.45, 7) is 9.52. The minimum absolute atomic E-state index is 0.354. The van der Waals surface area contributed by atoms with Crippen LogP contribution in [0.4, 0.5) is 0 Å². The van der Waals surface area contributed by atoms with Crippen LogP contribution in [0.1, 0.15) is 72.6 Å². The monoisotopic (exact) mass is 249 g/mol. The van der Waals surface area contributed by atoms with E-state index in [0.29, 0.717) is 5.92 Å². The minimum atomic E-state index is 0.354. The maximum atomic E-state index is 8.93. The van der Waals surface area contributed by atoms with Crippen LogP contribution < -0.4 is 0 Å². The van der Waals surface area contributed by atoms with Gasteiger partial charge in [-0.25, -0.2) is 0 Å². The highest BCUT2D eigenvalue weighted by molar-refractivity contribution is 4.88. The van der Waals surface area contributed by atoms with E-state index in [9.17, 15) is 0 Å². The lowest BCUT2D eigenvalue weighted by molar-refractivity contribution is 0.211. The lowest BCUT2D eigenvalue weighted by Gasteiger charge is -2.31. The van der Waals surface area contributed by atoms with E-state index in [1.807, 2.05) is 0 Å². The van der Waals surface area contributed by atoms with Gasteiger partial charge in [0.1, 0.15) is 0 Å². The Labute approximate surface area is 114 Å². The van der Waals surface area contributed by atoms with Crippen molar-refractivity contribution < 1.29 is 0 Å². The van der Waals surface area contributed by atoms with E-state index < -0.39 is 0 Å². The quantitative estimate of drug-likeness (QED) is 0.617. The Bertz CT molecular complexity index is 257. The summed E-state index contributed by atoms with van der Waals surface area (Å²) in [4.78, 5) is 0. The molecule has 0 aromatic carbocycles. The molecule has 0 aliphatic heterocycles. The van der Waals surface area contributed by atoms with Gasteiger partial charge < -0.3 is 0 Å². The summed E-state index contributed by atoms with van der Waals surface area (Å²) in [6, 6.07) is 2.44. The molecule has 0 radical (unpaired) electrons. The highest BCUT2D eigenvalue weighted by Crippen LogP contribution is 2.35. The number of nitriles is 1. The summed E-state index contributed by atoms with van der Waals surface area (Å²) in [7, 11) is 0. The van der Waals surface area contributed by atoms with E-state index in [0.717, 1.165) is 36.5 Å². The zero-order chi connectivity index (χ0) is 13.5. The molecule has 3 unspecified atom stereocenters. The second kappa shape index (κ2) is 7.82. The molecule has 0 aromatic heterocycles. The molecule has 1 fully saturated rings. The third-order valence-electron chi connectivity index (χ3n) is 5.45. The van der Waals surface area contributed by atoms with Crippen LogP contribution in [0.5, 0.6) is 0 Å². The summed E-state index contributed by atoms with van der Waals surface area (Å²) in [5.41, 5.74) is 0. The van der Waals surface area contributed by atoms with Crippen molar-refractivity contribution in [3.8, 4) is 6.07 Å². The van der Waals surface area contributed by atoms with Gasteiger partial charge in [0.25, 0.3) is 0 Å². The van der Waals surface area contributed by atoms with Gasteiger partial charge in [-0.05, 0) is 49.4 Å². The van der Waals surface area contributed by atoms with Gasteiger partial charge in [0.2, 0.25) is 0 Å². The molecule has 1 rings (SSSR count). The zero-order valence-corrected chi connectivity index (χ0v) is 12.8. The first-order valence-electron chi connectivity index (χ1n) is 7.98. The molecule has 104 valence electrons. The number of nitrogens with zero attached hydrogens (tertiary/aromatic N) is 1. The molecular formula is C17H31N. The van der Waals surface area contributed by atoms with Gasteiger partial charge in [0.15, 0.2) is 0 Å². The van der Waals surface area contributed by atoms with Crippen molar-refractivity contribution in [2.24, 2.45) is 29.6 Å². The predicted octanol–water partition coefficient (Wildman–Crippen LogP) is 5.41. The predicted molar refractivity (Wildman–Crippen MR) is 78.1 cm³/mol. The van der Waals surface area contributed by atoms with Crippen LogP contribution in [0.25, 0.3) is 0 Å². The molecule has 0 bridgehead atoms. The largest absolute Gasteiger partial charge is 0.198 e. The van der Waals surface area contributed by atoms with E-state index >= 15 is 0 Å². The molecule has 1 aliphatic rings. The average molecular weight is 249 g/mol. The molecule has 1 heteroatoms. The van der Waals surface area contributed by atoms with Crippen molar-refractivity contribution in [2.45, 2.75) is 72.6 Å². The summed E-state index contributed by atoms with van der Waals surface area (Å²) < 4.78 is 0. The fourth-order valence-corrected chi connectivity index (χ4v) is 3.27. The van der Waals surface area contributed by atoms with Crippen molar-refractivity contribution in [3.05, 3.63) is 0 Å². The first kappa shape index (κ1) is 15.5. The van der Waals surface area contributed by atoms with Gasteiger partial charge in [-0.3, -0.25) is 0 Å². The van der Waals surface area contributed by atoms with Gasteiger partial charge in [0, 0.05) is 5.92 Å². The highest BCUT2D eigenvalue weighted by Gasteiger charge is 2.25. The van der Waals surface area contributed by atoms with E-state index in [-0.39, 0.29) is 0 Å². The summed E-state index contributed by atoms with van der Waals surface area (Å²) in [5, 5.41) is 8.93. The summed E-state index contributed by atoms with van der Waals surface area (Å²) in [6.07, 6.45) is 8.94. The van der Waals surface area contributed by atoms with Crippen molar-refractivity contribution >= 4 is 0 Å². The number of rotatable bonds is 6.